The van der Waals surface area contributed by atoms with Crippen LogP contribution in [0.15, 0.2) is 59.0 Å². The molecule has 3 rings (SSSR count). The normalized spacial score (nSPS) is 11.0. The molecule has 0 spiro atoms. The van der Waals surface area contributed by atoms with E-state index in [0.717, 1.165) is 41.1 Å². The van der Waals surface area contributed by atoms with Gasteiger partial charge in [-0.05, 0) is 50.2 Å². The highest BCUT2D eigenvalue weighted by molar-refractivity contribution is 6.50. The maximum atomic E-state index is 9.75. The van der Waals surface area contributed by atoms with Crippen molar-refractivity contribution < 1.29 is 26.4 Å². The molecule has 3 aromatic rings. The monoisotopic (exact) mass is 395 g/mol. The fourth-order valence-corrected chi connectivity index (χ4v) is 2.84. The van der Waals surface area contributed by atoms with E-state index in [9.17, 15) is 17.3 Å². The number of benzene rings is 2. The maximum Gasteiger partial charge on any atom is 0.673 e. The standard InChI is InChI=1S/C20H22NO2.BF4/c1-4-21(5-2)18-14-20(15-10-12-16(22-3)13-11-15)23-19-9-7-6-8-17(18)19;2-1(3,4)5/h6-14H,4-5H2,1-3H3;/q+1;-1. The Kier molecular flexibility index (Phi) is 7.26. The van der Waals surface area contributed by atoms with Crippen LogP contribution in [0.1, 0.15) is 13.8 Å². The lowest BCUT2D eigenvalue weighted by molar-refractivity contribution is 0.368. The summed E-state index contributed by atoms with van der Waals surface area (Å²) in [6.45, 7) is 6.28. The number of para-hydroxylation sites is 1. The Labute approximate surface area is 161 Å². The first-order valence-electron chi connectivity index (χ1n) is 8.89. The van der Waals surface area contributed by atoms with Gasteiger partial charge in [-0.1, -0.05) is 12.1 Å². The molecule has 8 heteroatoms. The smallest absolute Gasteiger partial charge is 0.497 e. The van der Waals surface area contributed by atoms with E-state index in [1.165, 1.54) is 5.36 Å². The molecule has 0 saturated heterocycles. The fourth-order valence-electron chi connectivity index (χ4n) is 2.84. The van der Waals surface area contributed by atoms with E-state index in [0.29, 0.717) is 0 Å². The molecule has 1 aromatic heterocycles. The van der Waals surface area contributed by atoms with E-state index in [1.807, 2.05) is 36.4 Å². The van der Waals surface area contributed by atoms with Crippen molar-refractivity contribution in [3.63, 3.8) is 0 Å². The third-order valence-corrected chi connectivity index (χ3v) is 4.13. The molecule has 0 aliphatic carbocycles. The Hall–Kier alpha value is -2.77. The number of nitrogens with zero attached hydrogens (tertiary/aromatic N) is 1. The van der Waals surface area contributed by atoms with Crippen LogP contribution in [0.3, 0.4) is 0 Å². The first kappa shape index (κ1) is 21.5. The molecule has 0 saturated carbocycles. The van der Waals surface area contributed by atoms with Gasteiger partial charge in [0.1, 0.15) is 30.2 Å². The number of hydrogen-bond acceptors (Lipinski definition) is 2. The topological polar surface area (TPSA) is 25.4 Å². The van der Waals surface area contributed by atoms with Gasteiger partial charge < -0.3 is 26.4 Å². The molecule has 0 unspecified atom stereocenters. The van der Waals surface area contributed by atoms with Crippen molar-refractivity contribution in [3.8, 4) is 17.1 Å². The van der Waals surface area contributed by atoms with Gasteiger partial charge in [0.05, 0.1) is 18.6 Å². The number of rotatable bonds is 4. The molecule has 0 aliphatic heterocycles. The largest absolute Gasteiger partial charge is 0.673 e. The Morgan fingerprint density at radius 2 is 1.50 bits per heavy atom. The van der Waals surface area contributed by atoms with E-state index in [-0.39, 0.29) is 0 Å². The summed E-state index contributed by atoms with van der Waals surface area (Å²) in [6, 6.07) is 18.3. The number of methoxy groups -OCH3 is 1. The zero-order chi connectivity index (χ0) is 20.7. The summed E-state index contributed by atoms with van der Waals surface area (Å²) in [5.74, 6) is 1.71. The van der Waals surface area contributed by atoms with Gasteiger partial charge >= 0.3 is 7.25 Å². The minimum atomic E-state index is -6.00. The molecule has 0 N–H and O–H groups in total. The van der Waals surface area contributed by atoms with Crippen LogP contribution in [0.2, 0.25) is 0 Å². The Morgan fingerprint density at radius 1 is 0.929 bits per heavy atom. The van der Waals surface area contributed by atoms with Crippen LogP contribution in [-0.2, 0) is 0 Å². The predicted octanol–water partition coefficient (Wildman–Crippen LogP) is 5.22. The Balaban J connectivity index is 0.000000500. The third-order valence-electron chi connectivity index (χ3n) is 4.13. The lowest BCUT2D eigenvalue weighted by Crippen LogP contribution is -2.30. The minimum absolute atomic E-state index is 0.846. The molecule has 0 amide bonds. The van der Waals surface area contributed by atoms with Crippen LogP contribution in [0, 0.1) is 0 Å². The van der Waals surface area contributed by atoms with Gasteiger partial charge in [-0.15, -0.1) is 0 Å². The number of fused-ring (bicyclic) bond motifs is 1. The molecule has 3 nitrogen and oxygen atoms in total. The zero-order valence-corrected chi connectivity index (χ0v) is 16.0. The average molecular weight is 395 g/mol. The molecule has 28 heavy (non-hydrogen) atoms. The number of hydrogen-bond donors (Lipinski definition) is 0. The molecule has 0 radical (unpaired) electrons. The maximum absolute atomic E-state index is 9.75. The zero-order valence-electron chi connectivity index (χ0n) is 16.0. The van der Waals surface area contributed by atoms with Gasteiger partial charge in [0, 0.05) is 5.56 Å². The molecule has 150 valence electrons. The molecular weight excluding hydrogens is 373 g/mol. The van der Waals surface area contributed by atoms with Crippen LogP contribution in [0.5, 0.6) is 5.75 Å². The van der Waals surface area contributed by atoms with Crippen molar-refractivity contribution in [1.82, 2.24) is 4.58 Å². The second kappa shape index (κ2) is 9.44. The van der Waals surface area contributed by atoms with Crippen molar-refractivity contribution in [1.29, 1.82) is 0 Å². The lowest BCUT2D eigenvalue weighted by Gasteiger charge is -2.06. The van der Waals surface area contributed by atoms with E-state index < -0.39 is 7.25 Å². The first-order valence-corrected chi connectivity index (χ1v) is 8.89. The van der Waals surface area contributed by atoms with Gasteiger partial charge in [0.25, 0.3) is 0 Å². The molecule has 0 atom stereocenters. The van der Waals surface area contributed by atoms with Gasteiger partial charge in [-0.25, -0.2) is 4.58 Å². The summed E-state index contributed by atoms with van der Waals surface area (Å²) in [6.07, 6.45) is 0. The van der Waals surface area contributed by atoms with Crippen molar-refractivity contribution in [3.05, 3.63) is 60.0 Å². The second-order valence-corrected chi connectivity index (χ2v) is 5.89. The number of halogens is 4. The predicted molar refractivity (Wildman–Crippen MR) is 105 cm³/mol. The summed E-state index contributed by atoms with van der Waals surface area (Å²) in [5.41, 5.74) is 1.95. The molecule has 0 fully saturated rings. The Morgan fingerprint density at radius 3 is 2.04 bits per heavy atom. The summed E-state index contributed by atoms with van der Waals surface area (Å²) in [7, 11) is -4.33. The Bertz CT molecular complexity index is 970. The first-order chi connectivity index (χ1) is 13.3. The second-order valence-electron chi connectivity index (χ2n) is 5.89. The van der Waals surface area contributed by atoms with Crippen LogP contribution in [-0.4, -0.2) is 27.5 Å². The summed E-state index contributed by atoms with van der Waals surface area (Å²) < 4.78 is 52.7. The van der Waals surface area contributed by atoms with Gasteiger partial charge in [-0.3, -0.25) is 0 Å². The van der Waals surface area contributed by atoms with Crippen molar-refractivity contribution >= 4 is 18.2 Å². The van der Waals surface area contributed by atoms with Gasteiger partial charge in [-0.2, -0.15) is 0 Å². The molecule has 2 aromatic carbocycles. The van der Waals surface area contributed by atoms with Crippen LogP contribution >= 0.6 is 0 Å². The molecule has 0 bridgehead atoms. The lowest BCUT2D eigenvalue weighted by atomic mass is 10.1. The summed E-state index contributed by atoms with van der Waals surface area (Å²) in [4.78, 5) is 0. The molecular formula is C20H22BF4NO2. The van der Waals surface area contributed by atoms with Crippen molar-refractivity contribution in [2.75, 3.05) is 20.2 Å². The van der Waals surface area contributed by atoms with E-state index in [4.69, 9.17) is 9.15 Å². The average Bonchev–Trinajstić information content (AvgIpc) is 2.67. The van der Waals surface area contributed by atoms with Gasteiger partial charge in [0.15, 0.2) is 0 Å². The van der Waals surface area contributed by atoms with Crippen LogP contribution < -0.4 is 14.7 Å². The molecule has 1 heterocycles. The van der Waals surface area contributed by atoms with E-state index >= 15 is 0 Å². The summed E-state index contributed by atoms with van der Waals surface area (Å²) >= 11 is 0. The van der Waals surface area contributed by atoms with Crippen molar-refractivity contribution in [2.24, 2.45) is 0 Å². The quantitative estimate of drug-likeness (QED) is 0.344. The minimum Gasteiger partial charge on any atom is -0.497 e. The van der Waals surface area contributed by atoms with Crippen LogP contribution in [0.4, 0.5) is 17.3 Å². The van der Waals surface area contributed by atoms with E-state index in [1.54, 1.807) is 7.11 Å². The third kappa shape index (κ3) is 5.87. The number of ether oxygens (including phenoxy) is 1. The van der Waals surface area contributed by atoms with Gasteiger partial charge in [0.2, 0.25) is 5.36 Å². The fraction of sp³-hybridized carbons (Fsp3) is 0.250. The van der Waals surface area contributed by atoms with Crippen LogP contribution in [0.25, 0.3) is 22.3 Å². The highest BCUT2D eigenvalue weighted by Gasteiger charge is 2.20. The van der Waals surface area contributed by atoms with Crippen molar-refractivity contribution in [2.45, 2.75) is 13.8 Å². The SMILES string of the molecule is CC[N+](CC)=c1cc(-c2ccc(OC)cc2)oc2ccccc12.F[B-](F)(F)F. The van der Waals surface area contributed by atoms with E-state index in [2.05, 4.69) is 36.6 Å². The highest BCUT2D eigenvalue weighted by Crippen LogP contribution is 2.24. The molecule has 0 aliphatic rings. The highest BCUT2D eigenvalue weighted by atomic mass is 19.5. The summed E-state index contributed by atoms with van der Waals surface area (Å²) in [5, 5.41) is 2.36.